The van der Waals surface area contributed by atoms with Crippen LogP contribution in [-0.4, -0.2) is 11.2 Å². The minimum Gasteiger partial charge on any atom is -0.388 e. The van der Waals surface area contributed by atoms with Gasteiger partial charge >= 0.3 is 0 Å². The molecule has 1 aliphatic rings. The smallest absolute Gasteiger partial charge is 0.0818 e. The number of aliphatic hydroxyl groups is 1. The standard InChI is InChI=1S/C11H16O/c1-4-9-7-6-8(3)11(12)10(9)5-2/h4-5,8,11-12H,1-2,6-7H2,3H3. The quantitative estimate of drug-likeness (QED) is 0.664. The van der Waals surface area contributed by atoms with E-state index in [-0.39, 0.29) is 6.10 Å². The van der Waals surface area contributed by atoms with Crippen LogP contribution < -0.4 is 0 Å². The van der Waals surface area contributed by atoms with Crippen molar-refractivity contribution >= 4 is 0 Å². The highest BCUT2D eigenvalue weighted by atomic mass is 16.3. The molecule has 0 heterocycles. The summed E-state index contributed by atoms with van der Waals surface area (Å²) in [5.41, 5.74) is 2.11. The highest BCUT2D eigenvalue weighted by molar-refractivity contribution is 5.36. The fraction of sp³-hybridized carbons (Fsp3) is 0.455. The van der Waals surface area contributed by atoms with Crippen LogP contribution in [0.15, 0.2) is 36.5 Å². The van der Waals surface area contributed by atoms with Crippen molar-refractivity contribution in [3.63, 3.8) is 0 Å². The maximum atomic E-state index is 9.76. The Morgan fingerprint density at radius 3 is 2.58 bits per heavy atom. The molecule has 1 N–H and O–H groups in total. The number of hydrogen-bond acceptors (Lipinski definition) is 1. The largest absolute Gasteiger partial charge is 0.388 e. The number of allylic oxidation sites excluding steroid dienone is 2. The SMILES string of the molecule is C=CC1=C(C=C)C(O)C(C)CC1. The highest BCUT2D eigenvalue weighted by Crippen LogP contribution is 2.30. The fourth-order valence-corrected chi connectivity index (χ4v) is 1.65. The second kappa shape index (κ2) is 3.72. The Bertz CT molecular complexity index is 225. The Morgan fingerprint density at radius 1 is 1.42 bits per heavy atom. The van der Waals surface area contributed by atoms with Crippen LogP contribution in [0.1, 0.15) is 19.8 Å². The van der Waals surface area contributed by atoms with Crippen LogP contribution in [0.4, 0.5) is 0 Å². The molecule has 0 aliphatic heterocycles. The van der Waals surface area contributed by atoms with Crippen molar-refractivity contribution in [3.8, 4) is 0 Å². The van der Waals surface area contributed by atoms with E-state index in [0.29, 0.717) is 5.92 Å². The molecule has 66 valence electrons. The lowest BCUT2D eigenvalue weighted by Crippen LogP contribution is -2.24. The second-order valence-electron chi connectivity index (χ2n) is 3.35. The molecule has 0 bridgehead atoms. The van der Waals surface area contributed by atoms with Crippen molar-refractivity contribution in [2.75, 3.05) is 0 Å². The van der Waals surface area contributed by atoms with Crippen LogP contribution in [0.25, 0.3) is 0 Å². The number of hydrogen-bond donors (Lipinski definition) is 1. The Kier molecular flexibility index (Phi) is 2.88. The molecule has 0 saturated heterocycles. The van der Waals surface area contributed by atoms with Crippen LogP contribution in [-0.2, 0) is 0 Å². The average Bonchev–Trinajstić information content (AvgIpc) is 2.09. The molecule has 0 amide bonds. The lowest BCUT2D eigenvalue weighted by molar-refractivity contribution is 0.140. The minimum absolute atomic E-state index is 0.343. The van der Waals surface area contributed by atoms with E-state index in [2.05, 4.69) is 20.1 Å². The monoisotopic (exact) mass is 164 g/mol. The first-order valence-electron chi connectivity index (χ1n) is 4.36. The molecule has 0 aromatic heterocycles. The number of aliphatic hydroxyl groups excluding tert-OH is 1. The second-order valence-corrected chi connectivity index (χ2v) is 3.35. The molecular weight excluding hydrogens is 148 g/mol. The van der Waals surface area contributed by atoms with Crippen molar-refractivity contribution in [3.05, 3.63) is 36.5 Å². The minimum atomic E-state index is -0.343. The first-order chi connectivity index (χ1) is 5.70. The predicted octanol–water partition coefficient (Wildman–Crippen LogP) is 2.45. The fourth-order valence-electron chi connectivity index (χ4n) is 1.65. The van der Waals surface area contributed by atoms with Crippen LogP contribution in [0.5, 0.6) is 0 Å². The summed E-state index contributed by atoms with van der Waals surface area (Å²) >= 11 is 0. The summed E-state index contributed by atoms with van der Waals surface area (Å²) in [6.07, 6.45) is 5.29. The van der Waals surface area contributed by atoms with E-state index in [4.69, 9.17) is 0 Å². The van der Waals surface area contributed by atoms with Crippen molar-refractivity contribution in [2.24, 2.45) is 5.92 Å². The van der Waals surface area contributed by atoms with Gasteiger partial charge < -0.3 is 5.11 Å². The summed E-state index contributed by atoms with van der Waals surface area (Å²) in [5.74, 6) is 0.349. The Hall–Kier alpha value is -0.820. The van der Waals surface area contributed by atoms with Gasteiger partial charge in [-0.05, 0) is 29.9 Å². The maximum absolute atomic E-state index is 9.76. The molecule has 1 rings (SSSR count). The normalized spacial score (nSPS) is 30.2. The maximum Gasteiger partial charge on any atom is 0.0818 e. The lowest BCUT2D eigenvalue weighted by Gasteiger charge is -2.27. The molecule has 2 unspecified atom stereocenters. The van der Waals surface area contributed by atoms with E-state index in [1.165, 1.54) is 0 Å². The zero-order valence-corrected chi connectivity index (χ0v) is 7.59. The van der Waals surface area contributed by atoms with Crippen LogP contribution in [0, 0.1) is 5.92 Å². The molecule has 1 nitrogen and oxygen atoms in total. The zero-order chi connectivity index (χ0) is 9.14. The molecule has 1 heteroatoms. The van der Waals surface area contributed by atoms with Gasteiger partial charge in [-0.15, -0.1) is 0 Å². The van der Waals surface area contributed by atoms with Crippen molar-refractivity contribution in [2.45, 2.75) is 25.9 Å². The van der Waals surface area contributed by atoms with Gasteiger partial charge in [0.25, 0.3) is 0 Å². The van der Waals surface area contributed by atoms with Gasteiger partial charge in [-0.3, -0.25) is 0 Å². The molecule has 12 heavy (non-hydrogen) atoms. The first kappa shape index (κ1) is 9.27. The predicted molar refractivity (Wildman–Crippen MR) is 51.8 cm³/mol. The van der Waals surface area contributed by atoms with E-state index in [0.717, 1.165) is 24.0 Å². The third-order valence-corrected chi connectivity index (χ3v) is 2.56. The molecule has 2 atom stereocenters. The van der Waals surface area contributed by atoms with Crippen LogP contribution in [0.3, 0.4) is 0 Å². The van der Waals surface area contributed by atoms with E-state index >= 15 is 0 Å². The van der Waals surface area contributed by atoms with Gasteiger partial charge in [-0.25, -0.2) is 0 Å². The Labute approximate surface area is 74.1 Å². The van der Waals surface area contributed by atoms with Crippen molar-refractivity contribution in [1.29, 1.82) is 0 Å². The summed E-state index contributed by atoms with van der Waals surface area (Å²) < 4.78 is 0. The van der Waals surface area contributed by atoms with Crippen LogP contribution >= 0.6 is 0 Å². The molecule has 0 aromatic rings. The van der Waals surface area contributed by atoms with Gasteiger partial charge in [-0.1, -0.05) is 32.2 Å². The Morgan fingerprint density at radius 2 is 2.08 bits per heavy atom. The van der Waals surface area contributed by atoms with Crippen LogP contribution in [0.2, 0.25) is 0 Å². The average molecular weight is 164 g/mol. The summed E-state index contributed by atoms with van der Waals surface area (Å²) in [7, 11) is 0. The van der Waals surface area contributed by atoms with Gasteiger partial charge in [0.2, 0.25) is 0 Å². The van der Waals surface area contributed by atoms with Gasteiger partial charge in [0.05, 0.1) is 6.10 Å². The van der Waals surface area contributed by atoms with Gasteiger partial charge in [0.1, 0.15) is 0 Å². The summed E-state index contributed by atoms with van der Waals surface area (Å²) in [6, 6.07) is 0. The molecule has 0 radical (unpaired) electrons. The molecular formula is C11H16O. The molecule has 0 aromatic carbocycles. The third-order valence-electron chi connectivity index (χ3n) is 2.56. The molecule has 0 fully saturated rings. The summed E-state index contributed by atoms with van der Waals surface area (Å²) in [6.45, 7) is 9.49. The van der Waals surface area contributed by atoms with Gasteiger partial charge in [-0.2, -0.15) is 0 Å². The Balaban J connectivity index is 2.98. The molecule has 0 spiro atoms. The van der Waals surface area contributed by atoms with E-state index in [1.807, 2.05) is 6.08 Å². The molecule has 0 saturated carbocycles. The van der Waals surface area contributed by atoms with Crippen molar-refractivity contribution in [1.82, 2.24) is 0 Å². The summed E-state index contributed by atoms with van der Waals surface area (Å²) in [5, 5.41) is 9.76. The van der Waals surface area contributed by atoms with Crippen molar-refractivity contribution < 1.29 is 5.11 Å². The zero-order valence-electron chi connectivity index (χ0n) is 7.59. The topological polar surface area (TPSA) is 20.2 Å². The molecule has 1 aliphatic carbocycles. The van der Waals surface area contributed by atoms with Gasteiger partial charge in [0.15, 0.2) is 0 Å². The lowest BCUT2D eigenvalue weighted by atomic mass is 9.82. The van der Waals surface area contributed by atoms with E-state index in [1.54, 1.807) is 6.08 Å². The van der Waals surface area contributed by atoms with Gasteiger partial charge in [0, 0.05) is 0 Å². The van der Waals surface area contributed by atoms with E-state index in [9.17, 15) is 5.11 Å². The van der Waals surface area contributed by atoms with E-state index < -0.39 is 0 Å². The number of rotatable bonds is 2. The first-order valence-corrected chi connectivity index (χ1v) is 4.36. The summed E-state index contributed by atoms with van der Waals surface area (Å²) in [4.78, 5) is 0. The third kappa shape index (κ3) is 1.51. The highest BCUT2D eigenvalue weighted by Gasteiger charge is 2.23.